The molecule has 0 spiro atoms. The van der Waals surface area contributed by atoms with Gasteiger partial charge in [-0.15, -0.1) is 0 Å². The van der Waals surface area contributed by atoms with Crippen molar-refractivity contribution in [3.8, 4) is 0 Å². The second kappa shape index (κ2) is 47.1. The predicted octanol–water partition coefficient (Wildman–Crippen LogP) is 13.6. The van der Waals surface area contributed by atoms with Crippen molar-refractivity contribution in [1.29, 1.82) is 0 Å². The monoisotopic (exact) mass is 934 g/mol. The summed E-state index contributed by atoms with van der Waals surface area (Å²) in [6.45, 7) is 3.84. The van der Waals surface area contributed by atoms with Crippen LogP contribution in [0.2, 0.25) is 0 Å². The first kappa shape index (κ1) is 62.4. The van der Waals surface area contributed by atoms with Crippen LogP contribution in [0.25, 0.3) is 0 Å². The minimum absolute atomic E-state index is 0.136. The van der Waals surface area contributed by atoms with Gasteiger partial charge >= 0.3 is 0 Å². The van der Waals surface area contributed by atoms with Crippen molar-refractivity contribution in [2.24, 2.45) is 0 Å². The fourth-order valence-corrected chi connectivity index (χ4v) is 8.99. The topological polar surface area (TPSA) is 149 Å². The van der Waals surface area contributed by atoms with Crippen LogP contribution in [-0.2, 0) is 14.3 Å². The Morgan fingerprint density at radius 3 is 1.32 bits per heavy atom. The first-order chi connectivity index (χ1) is 32.3. The molecule has 9 nitrogen and oxygen atoms in total. The lowest BCUT2D eigenvalue weighted by atomic mass is 9.99. The molecule has 0 radical (unpaired) electrons. The lowest BCUT2D eigenvalue weighted by Gasteiger charge is -2.40. The van der Waals surface area contributed by atoms with Crippen LogP contribution >= 0.6 is 0 Å². The minimum Gasteiger partial charge on any atom is -0.394 e. The normalized spacial score (nSPS) is 20.0. The van der Waals surface area contributed by atoms with E-state index in [4.69, 9.17) is 9.47 Å². The number of aliphatic hydroxyl groups is 5. The molecule has 0 bridgehead atoms. The third-order valence-corrected chi connectivity index (χ3v) is 13.5. The third kappa shape index (κ3) is 36.4. The number of carbonyl (C=O) groups is 1. The Morgan fingerprint density at radius 1 is 0.515 bits per heavy atom. The van der Waals surface area contributed by atoms with Gasteiger partial charge in [-0.1, -0.05) is 243 Å². The standard InChI is InChI=1S/C57H107NO8/c1-3-5-7-9-11-13-15-17-19-20-21-22-23-24-25-26-27-28-29-30-31-32-33-35-37-39-41-43-45-47-53(61)58-50(49-65-57-56(64)55(63)54(62)52(48-59)66-57)51(60)46-44-42-40-38-36-34-18-16-14-12-10-8-6-4-2/h15,17,20-21,23-24,50-52,54-57,59-60,62-64H,3-14,16,18-19,22,25-49H2,1-2H3,(H,58,61)/b17-15-,21-20-,24-23-. The van der Waals surface area contributed by atoms with Crippen LogP contribution in [0.4, 0.5) is 0 Å². The SMILES string of the molecule is CCCCCCC/C=C\C/C=C\C/C=C\CCCCCCCCCCCCCCCCC(=O)NC(COC1OC(CO)C(O)C(O)C1O)C(O)CCCCCCCCCCCCCCCC. The largest absolute Gasteiger partial charge is 0.394 e. The summed E-state index contributed by atoms with van der Waals surface area (Å²) in [5.74, 6) is -0.143. The minimum atomic E-state index is -1.55. The van der Waals surface area contributed by atoms with Crippen molar-refractivity contribution in [1.82, 2.24) is 5.32 Å². The van der Waals surface area contributed by atoms with E-state index in [9.17, 15) is 30.3 Å². The van der Waals surface area contributed by atoms with E-state index in [2.05, 4.69) is 55.6 Å². The number of hydrogen-bond acceptors (Lipinski definition) is 8. The Kier molecular flexibility index (Phi) is 44.6. The number of rotatable bonds is 48. The molecule has 0 aromatic rings. The summed E-state index contributed by atoms with van der Waals surface area (Å²) in [7, 11) is 0. The molecule has 0 aromatic heterocycles. The smallest absolute Gasteiger partial charge is 0.220 e. The summed E-state index contributed by atoms with van der Waals surface area (Å²) in [6.07, 6.45) is 53.1. The van der Waals surface area contributed by atoms with Crippen molar-refractivity contribution in [2.75, 3.05) is 13.2 Å². The number of allylic oxidation sites excluding steroid dienone is 6. The molecule has 1 heterocycles. The third-order valence-electron chi connectivity index (χ3n) is 13.5. The van der Waals surface area contributed by atoms with E-state index in [0.717, 1.165) is 51.4 Å². The maximum atomic E-state index is 13.1. The molecule has 1 aliphatic rings. The van der Waals surface area contributed by atoms with Crippen LogP contribution < -0.4 is 5.32 Å². The molecule has 0 aromatic carbocycles. The van der Waals surface area contributed by atoms with E-state index in [1.807, 2.05) is 0 Å². The van der Waals surface area contributed by atoms with Gasteiger partial charge in [-0.25, -0.2) is 0 Å². The molecule has 9 heteroatoms. The van der Waals surface area contributed by atoms with E-state index in [-0.39, 0.29) is 12.5 Å². The molecule has 0 aliphatic carbocycles. The van der Waals surface area contributed by atoms with Gasteiger partial charge in [0.25, 0.3) is 0 Å². The molecule has 0 saturated carbocycles. The highest BCUT2D eigenvalue weighted by Crippen LogP contribution is 2.23. The van der Waals surface area contributed by atoms with Gasteiger partial charge in [-0.05, 0) is 51.4 Å². The predicted molar refractivity (Wildman–Crippen MR) is 276 cm³/mol. The molecule has 1 fully saturated rings. The average Bonchev–Trinajstić information content (AvgIpc) is 3.32. The zero-order chi connectivity index (χ0) is 48.0. The Morgan fingerprint density at radius 2 is 0.894 bits per heavy atom. The zero-order valence-electron chi connectivity index (χ0n) is 43.0. The van der Waals surface area contributed by atoms with Crippen molar-refractivity contribution in [2.45, 2.75) is 307 Å². The van der Waals surface area contributed by atoms with Gasteiger partial charge in [0, 0.05) is 6.42 Å². The number of unbranched alkanes of at least 4 members (excludes halogenated alkanes) is 32. The summed E-state index contributed by atoms with van der Waals surface area (Å²) < 4.78 is 11.3. The van der Waals surface area contributed by atoms with Crippen LogP contribution in [0, 0.1) is 0 Å². The molecule has 66 heavy (non-hydrogen) atoms. The molecule has 1 saturated heterocycles. The first-order valence-corrected chi connectivity index (χ1v) is 28.2. The highest BCUT2D eigenvalue weighted by atomic mass is 16.7. The van der Waals surface area contributed by atoms with Crippen molar-refractivity contribution < 1.29 is 39.8 Å². The maximum Gasteiger partial charge on any atom is 0.220 e. The number of ether oxygens (including phenoxy) is 2. The zero-order valence-corrected chi connectivity index (χ0v) is 43.0. The van der Waals surface area contributed by atoms with E-state index >= 15 is 0 Å². The lowest BCUT2D eigenvalue weighted by Crippen LogP contribution is -2.60. The quantitative estimate of drug-likeness (QED) is 0.0261. The van der Waals surface area contributed by atoms with Crippen LogP contribution in [0.1, 0.15) is 264 Å². The number of hydrogen-bond donors (Lipinski definition) is 6. The van der Waals surface area contributed by atoms with Crippen molar-refractivity contribution in [3.05, 3.63) is 36.5 Å². The molecule has 7 unspecified atom stereocenters. The first-order valence-electron chi connectivity index (χ1n) is 28.2. The highest BCUT2D eigenvalue weighted by Gasteiger charge is 2.44. The summed E-state index contributed by atoms with van der Waals surface area (Å²) in [4.78, 5) is 13.1. The van der Waals surface area contributed by atoms with Gasteiger partial charge in [0.05, 0.1) is 25.4 Å². The van der Waals surface area contributed by atoms with Crippen LogP contribution in [0.3, 0.4) is 0 Å². The fraction of sp³-hybridized carbons (Fsp3) is 0.877. The van der Waals surface area contributed by atoms with E-state index in [1.54, 1.807) is 0 Å². The number of carbonyl (C=O) groups excluding carboxylic acids is 1. The summed E-state index contributed by atoms with van der Waals surface area (Å²) >= 11 is 0. The molecular weight excluding hydrogens is 827 g/mol. The van der Waals surface area contributed by atoms with Gasteiger partial charge in [0.1, 0.15) is 24.4 Å². The molecule has 388 valence electrons. The number of aliphatic hydroxyl groups excluding tert-OH is 5. The van der Waals surface area contributed by atoms with Crippen LogP contribution in [0.15, 0.2) is 36.5 Å². The Balaban J connectivity index is 2.16. The summed E-state index contributed by atoms with van der Waals surface area (Å²) in [6, 6.07) is -0.718. The maximum absolute atomic E-state index is 13.1. The van der Waals surface area contributed by atoms with Crippen molar-refractivity contribution >= 4 is 5.91 Å². The van der Waals surface area contributed by atoms with Gasteiger partial charge in [0.2, 0.25) is 5.91 Å². The highest BCUT2D eigenvalue weighted by molar-refractivity contribution is 5.76. The molecule has 6 N–H and O–H groups in total. The molecule has 7 atom stereocenters. The fourth-order valence-electron chi connectivity index (χ4n) is 8.99. The number of nitrogens with one attached hydrogen (secondary N) is 1. The summed E-state index contributed by atoms with van der Waals surface area (Å²) in [5, 5.41) is 54.6. The Bertz CT molecular complexity index is 1130. The van der Waals surface area contributed by atoms with Crippen LogP contribution in [-0.4, -0.2) is 87.5 Å². The van der Waals surface area contributed by atoms with Crippen LogP contribution in [0.5, 0.6) is 0 Å². The molecular formula is C57H107NO8. The van der Waals surface area contributed by atoms with E-state index in [1.165, 1.54) is 186 Å². The average molecular weight is 934 g/mol. The second-order valence-electron chi connectivity index (χ2n) is 19.7. The van der Waals surface area contributed by atoms with Gasteiger partial charge in [-0.3, -0.25) is 4.79 Å². The van der Waals surface area contributed by atoms with Crippen molar-refractivity contribution in [3.63, 3.8) is 0 Å². The van der Waals surface area contributed by atoms with E-state index in [0.29, 0.717) is 12.8 Å². The summed E-state index contributed by atoms with van der Waals surface area (Å²) in [5.41, 5.74) is 0. The molecule has 1 rings (SSSR count). The molecule has 1 amide bonds. The van der Waals surface area contributed by atoms with Gasteiger partial charge in [-0.2, -0.15) is 0 Å². The molecule has 1 aliphatic heterocycles. The Hall–Kier alpha value is -1.59. The van der Waals surface area contributed by atoms with Gasteiger partial charge in [0.15, 0.2) is 6.29 Å². The van der Waals surface area contributed by atoms with Gasteiger partial charge < -0.3 is 40.3 Å². The van der Waals surface area contributed by atoms with E-state index < -0.39 is 49.5 Å². The Labute approximate surface area is 406 Å². The second-order valence-corrected chi connectivity index (χ2v) is 19.7. The lowest BCUT2D eigenvalue weighted by molar-refractivity contribution is -0.302. The number of amides is 1.